The fourth-order valence-corrected chi connectivity index (χ4v) is 3.03. The van der Waals surface area contributed by atoms with Gasteiger partial charge in [-0.05, 0) is 63.3 Å². The maximum absolute atomic E-state index is 11.9. The standard InChI is InChI=1S/C15H30N2O/c1-11(2)8-12(3)17-15(18)9-13-4-6-14(10-16)7-5-13/h11-14H,4-10,16H2,1-3H3,(H,17,18). The van der Waals surface area contributed by atoms with Crippen molar-refractivity contribution in [2.75, 3.05) is 6.54 Å². The molecule has 0 aromatic heterocycles. The Morgan fingerprint density at radius 3 is 2.22 bits per heavy atom. The van der Waals surface area contributed by atoms with E-state index >= 15 is 0 Å². The Balaban J connectivity index is 2.20. The fraction of sp³-hybridized carbons (Fsp3) is 0.933. The largest absolute Gasteiger partial charge is 0.354 e. The smallest absolute Gasteiger partial charge is 0.220 e. The van der Waals surface area contributed by atoms with Crippen LogP contribution in [0.15, 0.2) is 0 Å². The van der Waals surface area contributed by atoms with Crippen molar-refractivity contribution in [2.24, 2.45) is 23.5 Å². The molecule has 1 saturated carbocycles. The van der Waals surface area contributed by atoms with Crippen molar-refractivity contribution in [3.63, 3.8) is 0 Å². The van der Waals surface area contributed by atoms with Gasteiger partial charge in [-0.25, -0.2) is 0 Å². The molecule has 0 aliphatic heterocycles. The van der Waals surface area contributed by atoms with Crippen molar-refractivity contribution >= 4 is 5.91 Å². The molecule has 1 aliphatic carbocycles. The fourth-order valence-electron chi connectivity index (χ4n) is 3.03. The van der Waals surface area contributed by atoms with Crippen molar-refractivity contribution in [2.45, 2.75) is 65.3 Å². The molecule has 106 valence electrons. The predicted molar refractivity (Wildman–Crippen MR) is 76.2 cm³/mol. The monoisotopic (exact) mass is 254 g/mol. The van der Waals surface area contributed by atoms with Crippen LogP contribution in [0.2, 0.25) is 0 Å². The van der Waals surface area contributed by atoms with E-state index in [0.717, 1.165) is 13.0 Å². The van der Waals surface area contributed by atoms with Crippen LogP contribution in [-0.2, 0) is 4.79 Å². The first-order chi connectivity index (χ1) is 8.51. The van der Waals surface area contributed by atoms with Crippen molar-refractivity contribution in [3.8, 4) is 0 Å². The minimum Gasteiger partial charge on any atom is -0.354 e. The van der Waals surface area contributed by atoms with Gasteiger partial charge in [0.15, 0.2) is 0 Å². The molecule has 0 aromatic carbocycles. The zero-order valence-corrected chi connectivity index (χ0v) is 12.2. The van der Waals surface area contributed by atoms with Crippen molar-refractivity contribution in [1.29, 1.82) is 0 Å². The number of rotatable bonds is 6. The van der Waals surface area contributed by atoms with Crippen molar-refractivity contribution < 1.29 is 4.79 Å². The number of carbonyl (C=O) groups excluding carboxylic acids is 1. The highest BCUT2D eigenvalue weighted by molar-refractivity contribution is 5.76. The van der Waals surface area contributed by atoms with Gasteiger partial charge in [-0.3, -0.25) is 4.79 Å². The van der Waals surface area contributed by atoms with Gasteiger partial charge in [-0.1, -0.05) is 13.8 Å². The Hall–Kier alpha value is -0.570. The van der Waals surface area contributed by atoms with Crippen LogP contribution < -0.4 is 11.1 Å². The van der Waals surface area contributed by atoms with Gasteiger partial charge in [0.05, 0.1) is 0 Å². The Morgan fingerprint density at radius 2 is 1.72 bits per heavy atom. The zero-order chi connectivity index (χ0) is 13.5. The van der Waals surface area contributed by atoms with E-state index in [1.54, 1.807) is 0 Å². The summed E-state index contributed by atoms with van der Waals surface area (Å²) in [6.07, 6.45) is 6.53. The lowest BCUT2D eigenvalue weighted by molar-refractivity contribution is -0.123. The minimum atomic E-state index is 0.236. The molecular weight excluding hydrogens is 224 g/mol. The highest BCUT2D eigenvalue weighted by atomic mass is 16.1. The van der Waals surface area contributed by atoms with Gasteiger partial charge in [0, 0.05) is 12.5 Å². The summed E-state index contributed by atoms with van der Waals surface area (Å²) in [5.74, 6) is 2.16. The average Bonchev–Trinajstić information content (AvgIpc) is 2.28. The Bertz CT molecular complexity index is 245. The lowest BCUT2D eigenvalue weighted by Gasteiger charge is -2.27. The first-order valence-electron chi connectivity index (χ1n) is 7.50. The highest BCUT2D eigenvalue weighted by Gasteiger charge is 2.22. The lowest BCUT2D eigenvalue weighted by Crippen LogP contribution is -2.35. The zero-order valence-electron chi connectivity index (χ0n) is 12.2. The molecule has 1 unspecified atom stereocenters. The topological polar surface area (TPSA) is 55.1 Å². The first kappa shape index (κ1) is 15.5. The summed E-state index contributed by atoms with van der Waals surface area (Å²) in [4.78, 5) is 11.9. The highest BCUT2D eigenvalue weighted by Crippen LogP contribution is 2.30. The van der Waals surface area contributed by atoms with Crippen LogP contribution in [0.3, 0.4) is 0 Å². The molecule has 1 atom stereocenters. The van der Waals surface area contributed by atoms with E-state index in [-0.39, 0.29) is 5.91 Å². The first-order valence-corrected chi connectivity index (χ1v) is 7.50. The van der Waals surface area contributed by atoms with E-state index < -0.39 is 0 Å². The van der Waals surface area contributed by atoms with E-state index in [9.17, 15) is 4.79 Å². The van der Waals surface area contributed by atoms with Gasteiger partial charge >= 0.3 is 0 Å². The molecule has 0 saturated heterocycles. The number of carbonyl (C=O) groups is 1. The third-order valence-electron chi connectivity index (χ3n) is 4.01. The van der Waals surface area contributed by atoms with E-state index in [1.807, 2.05) is 0 Å². The molecule has 0 bridgehead atoms. The molecule has 1 rings (SSSR count). The van der Waals surface area contributed by atoms with E-state index in [2.05, 4.69) is 26.1 Å². The van der Waals surface area contributed by atoms with Gasteiger partial charge in [-0.2, -0.15) is 0 Å². The van der Waals surface area contributed by atoms with E-state index in [0.29, 0.717) is 30.2 Å². The summed E-state index contributed by atoms with van der Waals surface area (Å²) in [6.45, 7) is 7.29. The number of amides is 1. The minimum absolute atomic E-state index is 0.236. The molecule has 0 aromatic rings. The van der Waals surface area contributed by atoms with E-state index in [1.165, 1.54) is 25.7 Å². The Morgan fingerprint density at radius 1 is 1.17 bits per heavy atom. The van der Waals surface area contributed by atoms with Gasteiger partial charge in [-0.15, -0.1) is 0 Å². The van der Waals surface area contributed by atoms with Gasteiger partial charge in [0.2, 0.25) is 5.91 Å². The summed E-state index contributed by atoms with van der Waals surface area (Å²) < 4.78 is 0. The summed E-state index contributed by atoms with van der Waals surface area (Å²) in [7, 11) is 0. The van der Waals surface area contributed by atoms with Crippen LogP contribution in [0.4, 0.5) is 0 Å². The quantitative estimate of drug-likeness (QED) is 0.765. The second kappa shape index (κ2) is 7.78. The summed E-state index contributed by atoms with van der Waals surface area (Å²) >= 11 is 0. The number of hydrogen-bond donors (Lipinski definition) is 2. The Kier molecular flexibility index (Phi) is 6.69. The van der Waals surface area contributed by atoms with Crippen LogP contribution in [0.25, 0.3) is 0 Å². The van der Waals surface area contributed by atoms with Crippen LogP contribution in [0.5, 0.6) is 0 Å². The molecule has 3 heteroatoms. The molecular formula is C15H30N2O. The van der Waals surface area contributed by atoms with Gasteiger partial charge < -0.3 is 11.1 Å². The Labute approximate surface area is 112 Å². The normalized spacial score (nSPS) is 26.1. The summed E-state index contributed by atoms with van der Waals surface area (Å²) in [6, 6.07) is 0.304. The molecule has 1 amide bonds. The SMILES string of the molecule is CC(C)CC(C)NC(=O)CC1CCC(CN)CC1. The summed E-state index contributed by atoms with van der Waals surface area (Å²) in [5, 5.41) is 3.12. The van der Waals surface area contributed by atoms with E-state index in [4.69, 9.17) is 5.73 Å². The number of nitrogens with two attached hydrogens (primary N) is 1. The second-order valence-corrected chi connectivity index (χ2v) is 6.42. The maximum atomic E-state index is 11.9. The summed E-state index contributed by atoms with van der Waals surface area (Å²) in [5.41, 5.74) is 5.68. The molecule has 3 N–H and O–H groups in total. The van der Waals surface area contributed by atoms with Crippen LogP contribution in [0, 0.1) is 17.8 Å². The van der Waals surface area contributed by atoms with Crippen LogP contribution in [-0.4, -0.2) is 18.5 Å². The predicted octanol–water partition coefficient (Wildman–Crippen LogP) is 2.69. The van der Waals surface area contributed by atoms with Crippen molar-refractivity contribution in [1.82, 2.24) is 5.32 Å². The third kappa shape index (κ3) is 5.85. The van der Waals surface area contributed by atoms with Crippen LogP contribution in [0.1, 0.15) is 59.3 Å². The third-order valence-corrected chi connectivity index (χ3v) is 4.01. The molecule has 18 heavy (non-hydrogen) atoms. The number of nitrogens with one attached hydrogen (secondary N) is 1. The molecule has 0 spiro atoms. The lowest BCUT2D eigenvalue weighted by atomic mass is 9.80. The molecule has 3 nitrogen and oxygen atoms in total. The molecule has 0 radical (unpaired) electrons. The average molecular weight is 254 g/mol. The maximum Gasteiger partial charge on any atom is 0.220 e. The van der Waals surface area contributed by atoms with Crippen LogP contribution >= 0.6 is 0 Å². The van der Waals surface area contributed by atoms with Crippen molar-refractivity contribution in [3.05, 3.63) is 0 Å². The molecule has 1 aliphatic rings. The molecule has 1 fully saturated rings. The molecule has 0 heterocycles. The van der Waals surface area contributed by atoms with Gasteiger partial charge in [0.25, 0.3) is 0 Å². The second-order valence-electron chi connectivity index (χ2n) is 6.42. The number of hydrogen-bond acceptors (Lipinski definition) is 2. The van der Waals surface area contributed by atoms with Gasteiger partial charge in [0.1, 0.15) is 0 Å².